The minimum Gasteiger partial charge on any atom is -0.370 e. The molecule has 144 valence electrons. The lowest BCUT2D eigenvalue weighted by atomic mass is 10.3. The van der Waals surface area contributed by atoms with Gasteiger partial charge in [0.1, 0.15) is 12.3 Å². The molecule has 2 rings (SSSR count). The van der Waals surface area contributed by atoms with E-state index in [9.17, 15) is 18.4 Å². The predicted molar refractivity (Wildman–Crippen MR) is 97.0 cm³/mol. The number of nitrogens with two attached hydrogens (primary N) is 2. The quantitative estimate of drug-likeness (QED) is 0.556. The molecule has 0 aromatic carbocycles. The summed E-state index contributed by atoms with van der Waals surface area (Å²) < 4.78 is 24.4. The zero-order chi connectivity index (χ0) is 17.7. The molecule has 2 saturated heterocycles. The van der Waals surface area contributed by atoms with Crippen LogP contribution >= 0.6 is 28.3 Å². The van der Waals surface area contributed by atoms with E-state index in [1.165, 1.54) is 0 Å². The number of hydrogen-bond acceptors (Lipinski definition) is 4. The minimum absolute atomic E-state index is 0. The molecular weight excluding hydrogens is 410 g/mol. The molecule has 2 fully saturated rings. The number of amides is 2. The maximum Gasteiger partial charge on any atom is 0.218 e. The molecule has 0 radical (unpaired) electrons. The second kappa shape index (κ2) is 16.0. The standard InChI is InChI=1S/C7H13FN2O.C4H8FN.C3H6BrNO.ClH/c8-6-1-3-10(5-6)4-2-7(9)11;5-4-1-2-6-3-4;4-2-1-3(5)6;/h6H,1-5H2,(H2,9,11);4,6H,1-3H2;1-2H2,(H2,5,6);1H/t6-;4-;;/m00../s1. The summed E-state index contributed by atoms with van der Waals surface area (Å²) in [6, 6.07) is 0. The molecule has 0 bridgehead atoms. The molecule has 0 aliphatic carbocycles. The number of carbonyl (C=O) groups excluding carboxylic acids is 2. The highest BCUT2D eigenvalue weighted by atomic mass is 79.9. The van der Waals surface area contributed by atoms with Crippen LogP contribution in [-0.2, 0) is 9.59 Å². The van der Waals surface area contributed by atoms with Crippen LogP contribution in [0.1, 0.15) is 25.7 Å². The van der Waals surface area contributed by atoms with Gasteiger partial charge in [-0.1, -0.05) is 15.9 Å². The van der Waals surface area contributed by atoms with Gasteiger partial charge in [-0.3, -0.25) is 14.5 Å². The Morgan fingerprint density at radius 2 is 1.75 bits per heavy atom. The van der Waals surface area contributed by atoms with Crippen LogP contribution in [0.2, 0.25) is 0 Å². The summed E-state index contributed by atoms with van der Waals surface area (Å²) in [5.74, 6) is -0.570. The van der Waals surface area contributed by atoms with E-state index in [1.54, 1.807) is 0 Å². The molecule has 2 amide bonds. The summed E-state index contributed by atoms with van der Waals surface area (Å²) in [5.41, 5.74) is 9.68. The maximum absolute atomic E-state index is 12.5. The second-order valence-corrected chi connectivity index (χ2v) is 6.19. The van der Waals surface area contributed by atoms with Crippen molar-refractivity contribution in [2.75, 3.05) is 38.1 Å². The fraction of sp³-hybridized carbons (Fsp3) is 0.857. The van der Waals surface area contributed by atoms with E-state index in [4.69, 9.17) is 11.5 Å². The number of nitrogens with zero attached hydrogens (tertiary/aromatic N) is 1. The van der Waals surface area contributed by atoms with E-state index >= 15 is 0 Å². The number of primary amides is 2. The third-order valence-electron chi connectivity index (χ3n) is 3.23. The van der Waals surface area contributed by atoms with Crippen LogP contribution in [0.3, 0.4) is 0 Å². The predicted octanol–water partition coefficient (Wildman–Crippen LogP) is 0.902. The molecule has 0 unspecified atom stereocenters. The van der Waals surface area contributed by atoms with Crippen molar-refractivity contribution in [3.8, 4) is 0 Å². The van der Waals surface area contributed by atoms with Crippen molar-refractivity contribution in [3.05, 3.63) is 0 Å². The van der Waals surface area contributed by atoms with E-state index in [2.05, 4.69) is 21.2 Å². The monoisotopic (exact) mass is 436 g/mol. The lowest BCUT2D eigenvalue weighted by molar-refractivity contribution is -0.118. The molecule has 6 nitrogen and oxygen atoms in total. The van der Waals surface area contributed by atoms with Gasteiger partial charge in [-0.25, -0.2) is 8.78 Å². The summed E-state index contributed by atoms with van der Waals surface area (Å²) in [4.78, 5) is 22.1. The summed E-state index contributed by atoms with van der Waals surface area (Å²) in [6.45, 7) is 3.26. The van der Waals surface area contributed by atoms with Crippen LogP contribution in [-0.4, -0.2) is 67.1 Å². The van der Waals surface area contributed by atoms with Gasteiger partial charge in [0, 0.05) is 44.4 Å². The Hall–Kier alpha value is -0.510. The first-order valence-electron chi connectivity index (χ1n) is 7.69. The molecule has 0 saturated carbocycles. The molecule has 10 heteroatoms. The highest BCUT2D eigenvalue weighted by Crippen LogP contribution is 2.11. The van der Waals surface area contributed by atoms with E-state index < -0.39 is 12.3 Å². The number of likely N-dealkylation sites (tertiary alicyclic amines) is 1. The van der Waals surface area contributed by atoms with Gasteiger partial charge in [-0.05, 0) is 19.4 Å². The zero-order valence-electron chi connectivity index (χ0n) is 13.7. The second-order valence-electron chi connectivity index (χ2n) is 5.40. The fourth-order valence-electron chi connectivity index (χ4n) is 1.97. The van der Waals surface area contributed by atoms with Crippen LogP contribution in [0, 0.1) is 0 Å². The Labute approximate surface area is 156 Å². The van der Waals surface area contributed by atoms with E-state index in [-0.39, 0.29) is 24.2 Å². The molecular formula is C14H28BrClF2N4O2. The van der Waals surface area contributed by atoms with Crippen molar-refractivity contribution in [2.24, 2.45) is 11.5 Å². The highest BCUT2D eigenvalue weighted by molar-refractivity contribution is 9.09. The zero-order valence-corrected chi connectivity index (χ0v) is 16.1. The molecule has 0 aromatic heterocycles. The van der Waals surface area contributed by atoms with Gasteiger partial charge in [0.05, 0.1) is 0 Å². The average Bonchev–Trinajstić information content (AvgIpc) is 3.09. The van der Waals surface area contributed by atoms with Gasteiger partial charge in [-0.2, -0.15) is 0 Å². The molecule has 5 N–H and O–H groups in total. The number of carbonyl (C=O) groups is 2. The first-order chi connectivity index (χ1) is 10.8. The SMILES string of the molecule is Cl.F[C@H]1CCNC1.NC(=O)CCBr.NC(=O)CCN1CC[C@H](F)C1. The Balaban J connectivity index is 0. The minimum atomic E-state index is -0.706. The smallest absolute Gasteiger partial charge is 0.218 e. The third kappa shape index (κ3) is 16.4. The fourth-order valence-corrected chi connectivity index (χ4v) is 2.36. The van der Waals surface area contributed by atoms with Crippen molar-refractivity contribution >= 4 is 40.2 Å². The average molecular weight is 438 g/mol. The summed E-state index contributed by atoms with van der Waals surface area (Å²) in [6.07, 6.45) is 0.804. The van der Waals surface area contributed by atoms with Gasteiger partial charge < -0.3 is 16.8 Å². The summed E-state index contributed by atoms with van der Waals surface area (Å²) in [5, 5.41) is 3.57. The van der Waals surface area contributed by atoms with Crippen LogP contribution in [0.5, 0.6) is 0 Å². The largest absolute Gasteiger partial charge is 0.370 e. The highest BCUT2D eigenvalue weighted by Gasteiger charge is 2.21. The number of hydrogen-bond donors (Lipinski definition) is 3. The van der Waals surface area contributed by atoms with Gasteiger partial charge in [0.2, 0.25) is 11.8 Å². The van der Waals surface area contributed by atoms with Gasteiger partial charge in [0.25, 0.3) is 0 Å². The molecule has 2 heterocycles. The van der Waals surface area contributed by atoms with Gasteiger partial charge in [-0.15, -0.1) is 12.4 Å². The number of alkyl halides is 3. The Morgan fingerprint density at radius 1 is 1.12 bits per heavy atom. The van der Waals surface area contributed by atoms with Gasteiger partial charge >= 0.3 is 0 Å². The molecule has 0 aromatic rings. The molecule has 2 aliphatic rings. The summed E-state index contributed by atoms with van der Waals surface area (Å²) in [7, 11) is 0. The molecule has 0 spiro atoms. The van der Waals surface area contributed by atoms with Crippen molar-refractivity contribution in [1.82, 2.24) is 10.2 Å². The van der Waals surface area contributed by atoms with E-state index in [0.29, 0.717) is 50.6 Å². The molecule has 2 atom stereocenters. The first kappa shape index (κ1) is 25.7. The first-order valence-corrected chi connectivity index (χ1v) is 8.81. The lowest BCUT2D eigenvalue weighted by Crippen LogP contribution is -2.26. The van der Waals surface area contributed by atoms with Crippen molar-refractivity contribution in [2.45, 2.75) is 38.0 Å². The third-order valence-corrected chi connectivity index (χ3v) is 3.63. The van der Waals surface area contributed by atoms with E-state index in [0.717, 1.165) is 13.1 Å². The maximum atomic E-state index is 12.5. The Bertz CT molecular complexity index is 351. The topological polar surface area (TPSA) is 101 Å². The van der Waals surface area contributed by atoms with Crippen LogP contribution in [0.4, 0.5) is 8.78 Å². The van der Waals surface area contributed by atoms with Crippen LogP contribution in [0.15, 0.2) is 0 Å². The molecule has 24 heavy (non-hydrogen) atoms. The van der Waals surface area contributed by atoms with Crippen molar-refractivity contribution in [1.29, 1.82) is 0 Å². The van der Waals surface area contributed by atoms with Crippen LogP contribution in [0.25, 0.3) is 0 Å². The number of halogens is 4. The normalized spacial score (nSPS) is 22.5. The molecule has 2 aliphatic heterocycles. The Morgan fingerprint density at radius 3 is 2.00 bits per heavy atom. The van der Waals surface area contributed by atoms with Gasteiger partial charge in [0.15, 0.2) is 0 Å². The van der Waals surface area contributed by atoms with Crippen molar-refractivity contribution in [3.63, 3.8) is 0 Å². The lowest BCUT2D eigenvalue weighted by Gasteiger charge is -2.11. The Kier molecular flexibility index (Phi) is 17.1. The number of rotatable bonds is 5. The number of nitrogens with one attached hydrogen (secondary N) is 1. The van der Waals surface area contributed by atoms with E-state index in [1.807, 2.05) is 4.90 Å². The summed E-state index contributed by atoms with van der Waals surface area (Å²) >= 11 is 3.05. The van der Waals surface area contributed by atoms with Crippen LogP contribution < -0.4 is 16.8 Å². The van der Waals surface area contributed by atoms with Crippen molar-refractivity contribution < 1.29 is 18.4 Å².